The fraction of sp³-hybridized carbons (Fsp3) is 0.500. The summed E-state index contributed by atoms with van der Waals surface area (Å²) >= 11 is 0. The van der Waals surface area contributed by atoms with Gasteiger partial charge in [0, 0.05) is 6.42 Å². The fourth-order valence-electron chi connectivity index (χ4n) is 2.16. The minimum absolute atomic E-state index is 0.133. The lowest BCUT2D eigenvalue weighted by Crippen LogP contribution is -1.93. The number of methoxy groups -OCH3 is 1. The summed E-state index contributed by atoms with van der Waals surface area (Å²) in [4.78, 5) is 11.7. The van der Waals surface area contributed by atoms with Gasteiger partial charge in [0.25, 0.3) is 0 Å². The van der Waals surface area contributed by atoms with E-state index in [4.69, 9.17) is 4.74 Å². The molecule has 0 unspecified atom stereocenters. The molecule has 0 saturated heterocycles. The molecule has 0 aliphatic rings. The smallest absolute Gasteiger partial charge is 0.160 e. The first-order chi connectivity index (χ1) is 10.2. The summed E-state index contributed by atoms with van der Waals surface area (Å²) in [6, 6.07) is 5.23. The van der Waals surface area contributed by atoms with Crippen LogP contribution in [0.1, 0.15) is 51.0 Å². The topological polar surface area (TPSA) is 46.5 Å². The van der Waals surface area contributed by atoms with Crippen molar-refractivity contribution in [1.29, 1.82) is 0 Å². The first-order valence-electron chi connectivity index (χ1n) is 7.72. The maximum absolute atomic E-state index is 11.7. The minimum Gasteiger partial charge on any atom is -0.504 e. The van der Waals surface area contributed by atoms with Gasteiger partial charge in [-0.1, -0.05) is 44.7 Å². The van der Waals surface area contributed by atoms with Crippen LogP contribution < -0.4 is 4.74 Å². The molecule has 1 aromatic rings. The van der Waals surface area contributed by atoms with Gasteiger partial charge in [0.2, 0.25) is 0 Å². The van der Waals surface area contributed by atoms with Gasteiger partial charge in [-0.25, -0.2) is 0 Å². The Morgan fingerprint density at radius 2 is 2.00 bits per heavy atom. The summed E-state index contributed by atoms with van der Waals surface area (Å²) in [5, 5.41) is 9.51. The molecule has 0 aliphatic heterocycles. The minimum atomic E-state index is 0.133. The number of phenolic OH excluding ortho intramolecular Hbond substituents is 1. The van der Waals surface area contributed by atoms with E-state index < -0.39 is 0 Å². The van der Waals surface area contributed by atoms with Crippen molar-refractivity contribution >= 4 is 5.78 Å². The van der Waals surface area contributed by atoms with E-state index in [0.717, 1.165) is 18.4 Å². The van der Waals surface area contributed by atoms with Gasteiger partial charge in [0.15, 0.2) is 17.3 Å². The third-order valence-corrected chi connectivity index (χ3v) is 3.43. The molecule has 3 nitrogen and oxygen atoms in total. The monoisotopic (exact) mass is 290 g/mol. The molecule has 0 amide bonds. The van der Waals surface area contributed by atoms with E-state index in [1.54, 1.807) is 18.2 Å². The van der Waals surface area contributed by atoms with Crippen LogP contribution >= 0.6 is 0 Å². The zero-order chi connectivity index (χ0) is 15.5. The number of aromatic hydroxyl groups is 1. The van der Waals surface area contributed by atoms with Crippen molar-refractivity contribution < 1.29 is 14.6 Å². The van der Waals surface area contributed by atoms with Crippen molar-refractivity contribution in [2.45, 2.75) is 51.9 Å². The van der Waals surface area contributed by atoms with Gasteiger partial charge in [-0.15, -0.1) is 0 Å². The van der Waals surface area contributed by atoms with Gasteiger partial charge < -0.3 is 9.84 Å². The first-order valence-corrected chi connectivity index (χ1v) is 7.72. The maximum Gasteiger partial charge on any atom is 0.160 e. The quantitative estimate of drug-likeness (QED) is 0.512. The lowest BCUT2D eigenvalue weighted by molar-refractivity contribution is -0.114. The number of allylic oxidation sites excluding steroid dienone is 2. The highest BCUT2D eigenvalue weighted by atomic mass is 16.5. The van der Waals surface area contributed by atoms with E-state index in [-0.39, 0.29) is 11.5 Å². The standard InChI is InChI=1S/C18H26O3/c1-3-4-5-6-7-10-16(19)11-8-9-15-12-13-17(20)18(14-15)21-2/h8,11-14,20H,3-7,9-10H2,1-2H3. The molecule has 0 saturated carbocycles. The SMILES string of the molecule is CCCCCCCC(=O)C=CCc1ccc(O)c(OC)c1. The van der Waals surface area contributed by atoms with Crippen molar-refractivity contribution in [2.24, 2.45) is 0 Å². The second-order valence-corrected chi connectivity index (χ2v) is 5.24. The Morgan fingerprint density at radius 3 is 2.71 bits per heavy atom. The Hall–Kier alpha value is -1.77. The number of hydrogen-bond donors (Lipinski definition) is 1. The highest BCUT2D eigenvalue weighted by Crippen LogP contribution is 2.26. The summed E-state index contributed by atoms with van der Waals surface area (Å²) < 4.78 is 5.06. The molecule has 0 radical (unpaired) electrons. The summed E-state index contributed by atoms with van der Waals surface area (Å²) in [6.45, 7) is 2.19. The van der Waals surface area contributed by atoms with Crippen LogP contribution in [0.5, 0.6) is 11.5 Å². The number of hydrogen-bond acceptors (Lipinski definition) is 3. The molecule has 0 fully saturated rings. The molecule has 1 aromatic carbocycles. The molecule has 0 bridgehead atoms. The molecule has 0 atom stereocenters. The molecule has 0 heterocycles. The summed E-state index contributed by atoms with van der Waals surface area (Å²) in [7, 11) is 1.52. The highest BCUT2D eigenvalue weighted by molar-refractivity contribution is 5.89. The van der Waals surface area contributed by atoms with E-state index in [1.165, 1.54) is 26.4 Å². The Labute approximate surface area is 127 Å². The number of carbonyl (C=O) groups is 1. The van der Waals surface area contributed by atoms with Gasteiger partial charge >= 0.3 is 0 Å². The van der Waals surface area contributed by atoms with Gasteiger partial charge in [0.1, 0.15) is 0 Å². The largest absolute Gasteiger partial charge is 0.504 e. The third-order valence-electron chi connectivity index (χ3n) is 3.43. The van der Waals surface area contributed by atoms with Gasteiger partial charge in [-0.2, -0.15) is 0 Å². The molecule has 116 valence electrons. The lowest BCUT2D eigenvalue weighted by atomic mass is 10.1. The molecular weight excluding hydrogens is 264 g/mol. The predicted octanol–water partition coefficient (Wildman–Crippen LogP) is 4.43. The van der Waals surface area contributed by atoms with Crippen LogP contribution in [0.2, 0.25) is 0 Å². The second kappa shape index (κ2) is 10.0. The molecule has 0 aromatic heterocycles. The molecule has 1 rings (SSSR count). The molecule has 0 spiro atoms. The molecule has 21 heavy (non-hydrogen) atoms. The Morgan fingerprint density at radius 1 is 1.24 bits per heavy atom. The van der Waals surface area contributed by atoms with Gasteiger partial charge in [-0.05, 0) is 36.6 Å². The highest BCUT2D eigenvalue weighted by Gasteiger charge is 2.02. The summed E-state index contributed by atoms with van der Waals surface area (Å²) in [6.07, 6.45) is 10.7. The van der Waals surface area contributed by atoms with E-state index in [1.807, 2.05) is 12.1 Å². The van der Waals surface area contributed by atoms with E-state index >= 15 is 0 Å². The van der Waals surface area contributed by atoms with Crippen LogP contribution in [-0.4, -0.2) is 18.0 Å². The summed E-state index contributed by atoms with van der Waals surface area (Å²) in [5.41, 5.74) is 1.01. The second-order valence-electron chi connectivity index (χ2n) is 5.24. The van der Waals surface area contributed by atoms with Crippen molar-refractivity contribution in [3.8, 4) is 11.5 Å². The van der Waals surface area contributed by atoms with E-state index in [9.17, 15) is 9.90 Å². The van der Waals surface area contributed by atoms with E-state index in [2.05, 4.69) is 6.92 Å². The Balaban J connectivity index is 2.32. The lowest BCUT2D eigenvalue weighted by Gasteiger charge is -2.04. The fourth-order valence-corrected chi connectivity index (χ4v) is 2.16. The molecule has 3 heteroatoms. The number of unbranched alkanes of at least 4 members (excludes halogenated alkanes) is 4. The van der Waals surface area contributed by atoms with Crippen LogP contribution in [0.4, 0.5) is 0 Å². The van der Waals surface area contributed by atoms with Crippen LogP contribution in [0, 0.1) is 0 Å². The molecule has 1 N–H and O–H groups in total. The molecule has 0 aliphatic carbocycles. The normalized spacial score (nSPS) is 11.0. The average molecular weight is 290 g/mol. The van der Waals surface area contributed by atoms with Crippen LogP contribution in [0.3, 0.4) is 0 Å². The number of benzene rings is 1. The summed E-state index contributed by atoms with van der Waals surface area (Å²) in [5.74, 6) is 0.786. The van der Waals surface area contributed by atoms with Crippen LogP contribution in [0.15, 0.2) is 30.4 Å². The van der Waals surface area contributed by atoms with Crippen molar-refractivity contribution in [2.75, 3.05) is 7.11 Å². The zero-order valence-corrected chi connectivity index (χ0v) is 13.1. The van der Waals surface area contributed by atoms with Gasteiger partial charge in [-0.3, -0.25) is 4.79 Å². The number of ether oxygens (including phenoxy) is 1. The average Bonchev–Trinajstić information content (AvgIpc) is 2.48. The van der Waals surface area contributed by atoms with Crippen molar-refractivity contribution in [1.82, 2.24) is 0 Å². The van der Waals surface area contributed by atoms with Crippen molar-refractivity contribution in [3.05, 3.63) is 35.9 Å². The first kappa shape index (κ1) is 17.3. The Bertz CT molecular complexity index is 464. The number of phenols is 1. The predicted molar refractivity (Wildman–Crippen MR) is 85.9 cm³/mol. The zero-order valence-electron chi connectivity index (χ0n) is 13.1. The molecular formula is C18H26O3. The number of carbonyl (C=O) groups excluding carboxylic acids is 1. The van der Waals surface area contributed by atoms with Crippen LogP contribution in [-0.2, 0) is 11.2 Å². The van der Waals surface area contributed by atoms with E-state index in [0.29, 0.717) is 18.6 Å². The van der Waals surface area contributed by atoms with Crippen molar-refractivity contribution in [3.63, 3.8) is 0 Å². The van der Waals surface area contributed by atoms with Crippen LogP contribution in [0.25, 0.3) is 0 Å². The Kier molecular flexibility index (Phi) is 8.25. The number of ketones is 1. The maximum atomic E-state index is 11.7. The number of rotatable bonds is 10. The third kappa shape index (κ3) is 6.98. The van der Waals surface area contributed by atoms with Gasteiger partial charge in [0.05, 0.1) is 7.11 Å².